The number of carboxylic acids is 1. The lowest BCUT2D eigenvalue weighted by molar-refractivity contribution is -0.144. The number of hydrogen-bond acceptors (Lipinski definition) is 4. The molecule has 6 nitrogen and oxygen atoms in total. The molecule has 1 aromatic carbocycles. The fourth-order valence-corrected chi connectivity index (χ4v) is 1.97. The van der Waals surface area contributed by atoms with Crippen molar-refractivity contribution in [2.75, 3.05) is 6.61 Å². The van der Waals surface area contributed by atoms with Crippen LogP contribution in [0.25, 0.3) is 0 Å². The molecule has 0 fully saturated rings. The van der Waals surface area contributed by atoms with Crippen molar-refractivity contribution in [3.8, 4) is 0 Å². The maximum Gasteiger partial charge on any atom is 0.326 e. The highest BCUT2D eigenvalue weighted by atomic mass is 16.5. The maximum atomic E-state index is 11.8. The lowest BCUT2D eigenvalue weighted by Gasteiger charge is -2.15. The van der Waals surface area contributed by atoms with Gasteiger partial charge in [-0.2, -0.15) is 0 Å². The van der Waals surface area contributed by atoms with Gasteiger partial charge in [-0.25, -0.2) is 4.79 Å². The molecule has 1 rings (SSSR count). The summed E-state index contributed by atoms with van der Waals surface area (Å²) in [5, 5.41) is 11.7. The number of benzene rings is 1. The van der Waals surface area contributed by atoms with E-state index in [1.165, 1.54) is 0 Å². The number of carbonyl (C=O) groups is 3. The van der Waals surface area contributed by atoms with Crippen LogP contribution in [0, 0.1) is 6.92 Å². The number of nitrogens with one attached hydrogen (secondary N) is 1. The topological polar surface area (TPSA) is 92.7 Å². The number of ether oxygens (including phenoxy) is 1. The average Bonchev–Trinajstić information content (AvgIpc) is 2.47. The van der Waals surface area contributed by atoms with Crippen LogP contribution in [0.1, 0.15) is 30.9 Å². The summed E-state index contributed by atoms with van der Waals surface area (Å²) in [4.78, 5) is 34.2. The summed E-state index contributed by atoms with van der Waals surface area (Å²) in [6.07, 6.45) is 0.0555. The van der Waals surface area contributed by atoms with Gasteiger partial charge in [0, 0.05) is 12.8 Å². The molecule has 1 atom stereocenters. The number of rotatable bonds is 8. The first-order valence-corrected chi connectivity index (χ1v) is 7.16. The van der Waals surface area contributed by atoms with E-state index in [-0.39, 0.29) is 25.9 Å². The predicted octanol–water partition coefficient (Wildman–Crippen LogP) is 1.45. The first-order valence-electron chi connectivity index (χ1n) is 7.16. The Labute approximate surface area is 129 Å². The SMILES string of the molecule is CCOC(=O)CCC(=O)N[C@H](Cc1ccccc1C)C(=O)O. The van der Waals surface area contributed by atoms with Gasteiger partial charge < -0.3 is 15.2 Å². The van der Waals surface area contributed by atoms with Gasteiger partial charge in [0.2, 0.25) is 5.91 Å². The Morgan fingerprint density at radius 2 is 1.91 bits per heavy atom. The number of carbonyl (C=O) groups excluding carboxylic acids is 2. The minimum absolute atomic E-state index is 0.0591. The van der Waals surface area contributed by atoms with E-state index in [2.05, 4.69) is 5.32 Å². The average molecular weight is 307 g/mol. The Kier molecular flexibility index (Phi) is 7.08. The number of aliphatic carboxylic acids is 1. The zero-order chi connectivity index (χ0) is 16.5. The monoisotopic (exact) mass is 307 g/mol. The molecule has 0 saturated heterocycles. The molecule has 0 aliphatic heterocycles. The van der Waals surface area contributed by atoms with E-state index in [0.29, 0.717) is 0 Å². The van der Waals surface area contributed by atoms with Crippen LogP contribution in [0.2, 0.25) is 0 Å². The third kappa shape index (κ3) is 5.95. The third-order valence-corrected chi connectivity index (χ3v) is 3.18. The zero-order valence-electron chi connectivity index (χ0n) is 12.8. The van der Waals surface area contributed by atoms with Crippen LogP contribution in [0.15, 0.2) is 24.3 Å². The van der Waals surface area contributed by atoms with Crippen LogP contribution in [-0.4, -0.2) is 35.6 Å². The molecule has 120 valence electrons. The van der Waals surface area contributed by atoms with Crippen LogP contribution in [0.4, 0.5) is 0 Å². The van der Waals surface area contributed by atoms with E-state index >= 15 is 0 Å². The highest BCUT2D eigenvalue weighted by Crippen LogP contribution is 2.10. The summed E-state index contributed by atoms with van der Waals surface area (Å²) >= 11 is 0. The summed E-state index contributed by atoms with van der Waals surface area (Å²) in [5.41, 5.74) is 1.83. The number of amides is 1. The Morgan fingerprint density at radius 1 is 1.23 bits per heavy atom. The van der Waals surface area contributed by atoms with Crippen molar-refractivity contribution < 1.29 is 24.2 Å². The molecule has 22 heavy (non-hydrogen) atoms. The van der Waals surface area contributed by atoms with Gasteiger partial charge in [-0.3, -0.25) is 9.59 Å². The molecule has 0 saturated carbocycles. The molecule has 0 heterocycles. The lowest BCUT2D eigenvalue weighted by atomic mass is 10.0. The smallest absolute Gasteiger partial charge is 0.326 e. The van der Waals surface area contributed by atoms with Gasteiger partial charge in [-0.1, -0.05) is 24.3 Å². The van der Waals surface area contributed by atoms with Crippen LogP contribution in [0.3, 0.4) is 0 Å². The van der Waals surface area contributed by atoms with E-state index in [1.807, 2.05) is 31.2 Å². The van der Waals surface area contributed by atoms with Gasteiger partial charge in [0.1, 0.15) is 6.04 Å². The van der Waals surface area contributed by atoms with Crippen molar-refractivity contribution in [2.24, 2.45) is 0 Å². The third-order valence-electron chi connectivity index (χ3n) is 3.18. The van der Waals surface area contributed by atoms with Crippen molar-refractivity contribution in [3.05, 3.63) is 35.4 Å². The minimum atomic E-state index is -1.10. The Hall–Kier alpha value is -2.37. The van der Waals surface area contributed by atoms with E-state index in [1.54, 1.807) is 6.92 Å². The molecule has 6 heteroatoms. The number of hydrogen-bond donors (Lipinski definition) is 2. The number of esters is 1. The number of carboxylic acid groups (broad SMARTS) is 1. The van der Waals surface area contributed by atoms with Crippen LogP contribution in [0.5, 0.6) is 0 Å². The standard InChI is InChI=1S/C16H21NO5/c1-3-22-15(19)9-8-14(18)17-13(16(20)21)10-12-7-5-4-6-11(12)2/h4-7,13H,3,8-10H2,1-2H3,(H,17,18)(H,20,21)/t13-/m1/s1. The van der Waals surface area contributed by atoms with Crippen molar-refractivity contribution >= 4 is 17.8 Å². The van der Waals surface area contributed by atoms with Gasteiger partial charge in [-0.05, 0) is 25.0 Å². The van der Waals surface area contributed by atoms with Gasteiger partial charge in [0.15, 0.2) is 0 Å². The fraction of sp³-hybridized carbons (Fsp3) is 0.438. The molecule has 0 radical (unpaired) electrons. The second-order valence-corrected chi connectivity index (χ2v) is 4.89. The van der Waals surface area contributed by atoms with Gasteiger partial charge in [-0.15, -0.1) is 0 Å². The highest BCUT2D eigenvalue weighted by Gasteiger charge is 2.21. The zero-order valence-corrected chi connectivity index (χ0v) is 12.8. The largest absolute Gasteiger partial charge is 0.480 e. The Bertz CT molecular complexity index is 541. The van der Waals surface area contributed by atoms with Crippen LogP contribution < -0.4 is 5.32 Å². The fourth-order valence-electron chi connectivity index (χ4n) is 1.97. The summed E-state index contributed by atoms with van der Waals surface area (Å²) in [6, 6.07) is 6.39. The molecule has 0 aromatic heterocycles. The van der Waals surface area contributed by atoms with Gasteiger partial charge in [0.05, 0.1) is 13.0 Å². The molecule has 0 aliphatic rings. The van der Waals surface area contributed by atoms with Crippen LogP contribution in [-0.2, 0) is 25.5 Å². The van der Waals surface area contributed by atoms with E-state index in [4.69, 9.17) is 4.74 Å². The van der Waals surface area contributed by atoms with Crippen molar-refractivity contribution in [2.45, 2.75) is 39.2 Å². The Morgan fingerprint density at radius 3 is 2.50 bits per heavy atom. The van der Waals surface area contributed by atoms with Gasteiger partial charge >= 0.3 is 11.9 Å². The first-order chi connectivity index (χ1) is 10.4. The van der Waals surface area contributed by atoms with Crippen LogP contribution >= 0.6 is 0 Å². The minimum Gasteiger partial charge on any atom is -0.480 e. The van der Waals surface area contributed by atoms with Crippen molar-refractivity contribution in [1.29, 1.82) is 0 Å². The summed E-state index contributed by atoms with van der Waals surface area (Å²) in [6.45, 7) is 3.82. The second-order valence-electron chi connectivity index (χ2n) is 4.89. The summed E-state index contributed by atoms with van der Waals surface area (Å²) < 4.78 is 4.72. The normalized spacial score (nSPS) is 11.5. The highest BCUT2D eigenvalue weighted by molar-refractivity contribution is 5.85. The summed E-state index contributed by atoms with van der Waals surface area (Å²) in [5.74, 6) is -2.05. The molecule has 0 spiro atoms. The number of aryl methyl sites for hydroxylation is 1. The lowest BCUT2D eigenvalue weighted by Crippen LogP contribution is -2.42. The molecular formula is C16H21NO5. The predicted molar refractivity (Wildman–Crippen MR) is 80.3 cm³/mol. The summed E-state index contributed by atoms with van der Waals surface area (Å²) in [7, 11) is 0. The van der Waals surface area contributed by atoms with Crippen molar-refractivity contribution in [3.63, 3.8) is 0 Å². The molecule has 2 N–H and O–H groups in total. The van der Waals surface area contributed by atoms with E-state index in [9.17, 15) is 19.5 Å². The first kappa shape index (κ1) is 17.7. The maximum absolute atomic E-state index is 11.8. The second kappa shape index (κ2) is 8.81. The quantitative estimate of drug-likeness (QED) is 0.709. The molecule has 0 bridgehead atoms. The van der Waals surface area contributed by atoms with Crippen molar-refractivity contribution in [1.82, 2.24) is 5.32 Å². The van der Waals surface area contributed by atoms with Gasteiger partial charge in [0.25, 0.3) is 0 Å². The van der Waals surface area contributed by atoms with E-state index in [0.717, 1.165) is 11.1 Å². The molecule has 1 aromatic rings. The van der Waals surface area contributed by atoms with E-state index < -0.39 is 23.9 Å². The molecular weight excluding hydrogens is 286 g/mol. The molecule has 0 aliphatic carbocycles. The Balaban J connectivity index is 2.58. The molecule has 0 unspecified atom stereocenters. The molecule has 1 amide bonds.